The van der Waals surface area contributed by atoms with Gasteiger partial charge in [-0.1, -0.05) is 54.2 Å². The number of rotatable bonds is 8. The predicted molar refractivity (Wildman–Crippen MR) is 116 cm³/mol. The number of ether oxygens (including phenoxy) is 1. The van der Waals surface area contributed by atoms with Crippen LogP contribution in [0.25, 0.3) is 11.4 Å². The lowest BCUT2D eigenvalue weighted by molar-refractivity contribution is -0.153. The molecule has 0 amide bonds. The first-order valence-electron chi connectivity index (χ1n) is 9.77. The number of alkyl halides is 3. The minimum absolute atomic E-state index is 0.183. The summed E-state index contributed by atoms with van der Waals surface area (Å²) in [6.45, 7) is -0.703. The molecule has 9 heteroatoms. The van der Waals surface area contributed by atoms with Crippen LogP contribution in [0, 0.1) is 0 Å². The molecule has 164 valence electrons. The van der Waals surface area contributed by atoms with E-state index < -0.39 is 12.8 Å². The van der Waals surface area contributed by atoms with Crippen molar-refractivity contribution in [3.05, 3.63) is 90.3 Å². The summed E-state index contributed by atoms with van der Waals surface area (Å²) in [7, 11) is 0. The second-order valence-electron chi connectivity index (χ2n) is 6.96. The quantitative estimate of drug-likeness (QED) is 0.322. The van der Waals surface area contributed by atoms with E-state index in [4.69, 9.17) is 4.74 Å². The molecular weight excluding hydrogens is 437 g/mol. The molecule has 5 nitrogen and oxygen atoms in total. The van der Waals surface area contributed by atoms with Crippen molar-refractivity contribution in [1.82, 2.24) is 19.7 Å². The van der Waals surface area contributed by atoms with Gasteiger partial charge in [-0.2, -0.15) is 13.2 Å². The van der Waals surface area contributed by atoms with Crippen LogP contribution < -0.4 is 4.74 Å². The Labute approximate surface area is 187 Å². The summed E-state index contributed by atoms with van der Waals surface area (Å²) < 4.78 is 43.7. The number of halogens is 3. The molecule has 2 aromatic heterocycles. The van der Waals surface area contributed by atoms with Crippen LogP contribution >= 0.6 is 11.8 Å². The highest BCUT2D eigenvalue weighted by Gasteiger charge is 2.28. The van der Waals surface area contributed by atoms with Gasteiger partial charge in [0.1, 0.15) is 5.75 Å². The van der Waals surface area contributed by atoms with Gasteiger partial charge in [-0.25, -0.2) is 0 Å². The summed E-state index contributed by atoms with van der Waals surface area (Å²) in [5.41, 5.74) is 2.92. The number of hydrogen-bond donors (Lipinski definition) is 0. The van der Waals surface area contributed by atoms with E-state index in [1.165, 1.54) is 23.9 Å². The largest absolute Gasteiger partial charge is 0.484 e. The van der Waals surface area contributed by atoms with Crippen LogP contribution in [0.2, 0.25) is 0 Å². The summed E-state index contributed by atoms with van der Waals surface area (Å²) in [5.74, 6) is 1.49. The maximum absolute atomic E-state index is 12.3. The molecule has 0 aliphatic carbocycles. The van der Waals surface area contributed by atoms with E-state index in [1.807, 2.05) is 47.0 Å². The van der Waals surface area contributed by atoms with Gasteiger partial charge in [0.15, 0.2) is 17.6 Å². The SMILES string of the molecule is FC(F)(F)COc1ccc(CSc2nnc(-c3cccnc3)n2Cc2ccccc2)cc1. The van der Waals surface area contributed by atoms with E-state index in [1.54, 1.807) is 24.5 Å². The molecule has 0 bridgehead atoms. The Hall–Kier alpha value is -3.33. The molecule has 0 spiro atoms. The number of aromatic nitrogens is 4. The highest BCUT2D eigenvalue weighted by Crippen LogP contribution is 2.28. The molecular formula is C23H19F3N4OS. The molecule has 0 saturated carbocycles. The van der Waals surface area contributed by atoms with Gasteiger partial charge in [-0.15, -0.1) is 10.2 Å². The maximum atomic E-state index is 12.3. The highest BCUT2D eigenvalue weighted by molar-refractivity contribution is 7.98. The van der Waals surface area contributed by atoms with Crippen LogP contribution in [-0.4, -0.2) is 32.5 Å². The molecule has 0 N–H and O–H groups in total. The van der Waals surface area contributed by atoms with Gasteiger partial charge in [-0.3, -0.25) is 9.55 Å². The zero-order chi connectivity index (χ0) is 22.4. The van der Waals surface area contributed by atoms with E-state index >= 15 is 0 Å². The van der Waals surface area contributed by atoms with Gasteiger partial charge >= 0.3 is 6.18 Å². The van der Waals surface area contributed by atoms with Crippen molar-refractivity contribution < 1.29 is 17.9 Å². The highest BCUT2D eigenvalue weighted by atomic mass is 32.2. The van der Waals surface area contributed by atoms with Crippen LogP contribution in [0.4, 0.5) is 13.2 Å². The van der Waals surface area contributed by atoms with Crippen LogP contribution in [0.5, 0.6) is 5.75 Å². The smallest absolute Gasteiger partial charge is 0.422 e. The van der Waals surface area contributed by atoms with Crippen molar-refractivity contribution in [1.29, 1.82) is 0 Å². The number of hydrogen-bond acceptors (Lipinski definition) is 5. The van der Waals surface area contributed by atoms with Crippen molar-refractivity contribution in [3.63, 3.8) is 0 Å². The summed E-state index contributed by atoms with van der Waals surface area (Å²) >= 11 is 1.51. The average molecular weight is 456 g/mol. The molecule has 0 atom stereocenters. The lowest BCUT2D eigenvalue weighted by atomic mass is 10.2. The van der Waals surface area contributed by atoms with Gasteiger partial charge in [-0.05, 0) is 35.4 Å². The van der Waals surface area contributed by atoms with Gasteiger partial charge in [0.05, 0.1) is 6.54 Å². The van der Waals surface area contributed by atoms with E-state index in [2.05, 4.69) is 15.2 Å². The predicted octanol–water partition coefficient (Wildman–Crippen LogP) is 5.62. The summed E-state index contributed by atoms with van der Waals surface area (Å²) in [4.78, 5) is 4.18. The topological polar surface area (TPSA) is 52.8 Å². The van der Waals surface area contributed by atoms with Crippen LogP contribution in [0.15, 0.2) is 84.3 Å². The van der Waals surface area contributed by atoms with Crippen molar-refractivity contribution in [3.8, 4) is 17.1 Å². The molecule has 4 aromatic rings. The Morgan fingerprint density at radius 2 is 1.66 bits per heavy atom. The molecule has 0 aliphatic rings. The average Bonchev–Trinajstić information content (AvgIpc) is 3.20. The fourth-order valence-corrected chi connectivity index (χ4v) is 3.90. The number of nitrogens with zero attached hydrogens (tertiary/aromatic N) is 4. The van der Waals surface area contributed by atoms with Gasteiger partial charge < -0.3 is 4.74 Å². The van der Waals surface area contributed by atoms with Crippen molar-refractivity contribution in [2.75, 3.05) is 6.61 Å². The summed E-state index contributed by atoms with van der Waals surface area (Å²) in [6.07, 6.45) is -0.901. The third-order valence-electron chi connectivity index (χ3n) is 4.51. The van der Waals surface area contributed by atoms with E-state index in [0.717, 1.165) is 27.7 Å². The fraction of sp³-hybridized carbons (Fsp3) is 0.174. The Morgan fingerprint density at radius 3 is 2.34 bits per heavy atom. The normalized spacial score (nSPS) is 11.5. The van der Waals surface area contributed by atoms with Crippen molar-refractivity contribution in [2.24, 2.45) is 0 Å². The maximum Gasteiger partial charge on any atom is 0.422 e. The Balaban J connectivity index is 1.50. The third kappa shape index (κ3) is 5.88. The second-order valence-corrected chi connectivity index (χ2v) is 7.90. The van der Waals surface area contributed by atoms with Crippen LogP contribution in [0.3, 0.4) is 0 Å². The number of thioether (sulfide) groups is 1. The van der Waals surface area contributed by atoms with E-state index in [0.29, 0.717) is 12.3 Å². The Bertz CT molecular complexity index is 1130. The monoisotopic (exact) mass is 456 g/mol. The van der Waals surface area contributed by atoms with Gasteiger partial charge in [0.25, 0.3) is 0 Å². The van der Waals surface area contributed by atoms with Gasteiger partial charge in [0.2, 0.25) is 0 Å². The first-order valence-corrected chi connectivity index (χ1v) is 10.8. The van der Waals surface area contributed by atoms with E-state index in [-0.39, 0.29) is 5.75 Å². The summed E-state index contributed by atoms with van der Waals surface area (Å²) in [6, 6.07) is 20.4. The number of benzene rings is 2. The summed E-state index contributed by atoms with van der Waals surface area (Å²) in [5, 5.41) is 9.50. The first kappa shape index (κ1) is 21.9. The molecule has 0 aliphatic heterocycles. The molecule has 4 rings (SSSR count). The first-order chi connectivity index (χ1) is 15.5. The molecule has 0 fully saturated rings. The fourth-order valence-electron chi connectivity index (χ4n) is 3.01. The Morgan fingerprint density at radius 1 is 0.875 bits per heavy atom. The minimum Gasteiger partial charge on any atom is -0.484 e. The molecule has 0 unspecified atom stereocenters. The zero-order valence-corrected chi connectivity index (χ0v) is 17.7. The number of pyridine rings is 1. The molecule has 2 aromatic carbocycles. The Kier molecular flexibility index (Phi) is 6.75. The lowest BCUT2D eigenvalue weighted by Crippen LogP contribution is -2.19. The van der Waals surface area contributed by atoms with Crippen LogP contribution in [-0.2, 0) is 12.3 Å². The molecule has 0 radical (unpaired) electrons. The lowest BCUT2D eigenvalue weighted by Gasteiger charge is -2.11. The molecule has 2 heterocycles. The van der Waals surface area contributed by atoms with E-state index in [9.17, 15) is 13.2 Å². The molecule has 32 heavy (non-hydrogen) atoms. The van der Waals surface area contributed by atoms with Crippen molar-refractivity contribution >= 4 is 11.8 Å². The standard InChI is InChI=1S/C23H19F3N4OS/c24-23(25,26)16-31-20-10-8-18(9-11-20)15-32-22-29-28-21(19-7-4-12-27-13-19)30(22)14-17-5-2-1-3-6-17/h1-13H,14-16H2. The molecule has 0 saturated heterocycles. The van der Waals surface area contributed by atoms with Crippen LogP contribution in [0.1, 0.15) is 11.1 Å². The minimum atomic E-state index is -4.36. The van der Waals surface area contributed by atoms with Gasteiger partial charge in [0, 0.05) is 23.7 Å². The van der Waals surface area contributed by atoms with Crippen molar-refractivity contribution in [2.45, 2.75) is 23.6 Å². The zero-order valence-electron chi connectivity index (χ0n) is 16.9. The third-order valence-corrected chi connectivity index (χ3v) is 5.55. The second kappa shape index (κ2) is 9.86.